The van der Waals surface area contributed by atoms with Crippen LogP contribution in [0.4, 0.5) is 5.69 Å². The normalized spacial score (nSPS) is 22.8. The quantitative estimate of drug-likeness (QED) is 0.577. The van der Waals surface area contributed by atoms with Gasteiger partial charge in [-0.05, 0) is 6.42 Å². The zero-order valence-electron chi connectivity index (χ0n) is 7.45. The molecule has 0 saturated carbocycles. The Hall–Kier alpha value is -1.16. The Labute approximate surface area is 75.4 Å². The fourth-order valence-corrected chi connectivity index (χ4v) is 1.68. The fraction of sp³-hybridized carbons (Fsp3) is 0.556. The summed E-state index contributed by atoms with van der Waals surface area (Å²) in [6.45, 7) is 1.53. The second kappa shape index (κ2) is 2.96. The van der Waals surface area contributed by atoms with Crippen molar-refractivity contribution in [3.05, 3.63) is 26.5 Å². The SMILES string of the molecule is COC1CCN(c2cc(=O)c2=O)C1. The molecule has 13 heavy (non-hydrogen) atoms. The molecule has 0 spiro atoms. The summed E-state index contributed by atoms with van der Waals surface area (Å²) in [6, 6.07) is 1.40. The lowest BCUT2D eigenvalue weighted by molar-refractivity contribution is 0.121. The van der Waals surface area contributed by atoms with Crippen LogP contribution in [0.25, 0.3) is 0 Å². The topological polar surface area (TPSA) is 46.6 Å². The van der Waals surface area contributed by atoms with Gasteiger partial charge in [0, 0.05) is 26.3 Å². The molecule has 1 heterocycles. The van der Waals surface area contributed by atoms with Crippen molar-refractivity contribution in [3.8, 4) is 0 Å². The van der Waals surface area contributed by atoms with Gasteiger partial charge in [-0.25, -0.2) is 0 Å². The van der Waals surface area contributed by atoms with Crippen molar-refractivity contribution < 1.29 is 4.74 Å². The van der Waals surface area contributed by atoms with Gasteiger partial charge < -0.3 is 9.64 Å². The van der Waals surface area contributed by atoms with E-state index in [1.807, 2.05) is 4.90 Å². The molecular weight excluding hydrogens is 170 g/mol. The first-order chi connectivity index (χ1) is 6.22. The van der Waals surface area contributed by atoms with Crippen LogP contribution in [0.15, 0.2) is 15.7 Å². The van der Waals surface area contributed by atoms with Crippen molar-refractivity contribution in [1.82, 2.24) is 0 Å². The second-order valence-electron chi connectivity index (χ2n) is 3.32. The summed E-state index contributed by atoms with van der Waals surface area (Å²) in [6.07, 6.45) is 1.12. The molecule has 4 heteroatoms. The minimum absolute atomic E-state index is 0.199. The summed E-state index contributed by atoms with van der Waals surface area (Å²) < 4.78 is 5.16. The van der Waals surface area contributed by atoms with Crippen LogP contribution >= 0.6 is 0 Å². The molecule has 0 N–H and O–H groups in total. The molecule has 70 valence electrons. The van der Waals surface area contributed by atoms with Crippen molar-refractivity contribution >= 4 is 5.69 Å². The van der Waals surface area contributed by atoms with Crippen molar-refractivity contribution in [2.45, 2.75) is 12.5 Å². The van der Waals surface area contributed by atoms with E-state index in [1.165, 1.54) is 6.07 Å². The molecule has 1 atom stereocenters. The minimum atomic E-state index is -0.379. The summed E-state index contributed by atoms with van der Waals surface area (Å²) in [5.74, 6) is 0. The molecule has 0 aliphatic carbocycles. The van der Waals surface area contributed by atoms with E-state index in [2.05, 4.69) is 0 Å². The number of anilines is 1. The lowest BCUT2D eigenvalue weighted by Gasteiger charge is -2.17. The first-order valence-corrected chi connectivity index (χ1v) is 4.30. The number of ether oxygens (including phenoxy) is 1. The van der Waals surface area contributed by atoms with Crippen LogP contribution in [0, 0.1) is 0 Å². The smallest absolute Gasteiger partial charge is 0.249 e. The molecule has 0 radical (unpaired) electrons. The largest absolute Gasteiger partial charge is 0.380 e. The van der Waals surface area contributed by atoms with E-state index in [9.17, 15) is 9.59 Å². The Morgan fingerprint density at radius 1 is 1.54 bits per heavy atom. The number of hydrogen-bond acceptors (Lipinski definition) is 4. The van der Waals surface area contributed by atoms with Crippen molar-refractivity contribution in [3.63, 3.8) is 0 Å². The maximum absolute atomic E-state index is 11.0. The van der Waals surface area contributed by atoms with Crippen LogP contribution in [-0.2, 0) is 4.74 Å². The van der Waals surface area contributed by atoms with Crippen LogP contribution < -0.4 is 15.8 Å². The summed E-state index contributed by atoms with van der Waals surface area (Å²) >= 11 is 0. The number of hydrogen-bond donors (Lipinski definition) is 0. The molecule has 4 nitrogen and oxygen atoms in total. The maximum Gasteiger partial charge on any atom is 0.249 e. The number of rotatable bonds is 2. The van der Waals surface area contributed by atoms with Crippen molar-refractivity contribution in [2.75, 3.05) is 25.1 Å². The first-order valence-electron chi connectivity index (χ1n) is 4.30. The predicted octanol–water partition coefficient (Wildman–Crippen LogP) is -0.492. The van der Waals surface area contributed by atoms with Gasteiger partial charge in [0.2, 0.25) is 10.9 Å². The van der Waals surface area contributed by atoms with E-state index in [-0.39, 0.29) is 17.0 Å². The monoisotopic (exact) mass is 181 g/mol. The number of methoxy groups -OCH3 is 1. The molecule has 0 bridgehead atoms. The van der Waals surface area contributed by atoms with E-state index in [4.69, 9.17) is 4.74 Å². The standard InChI is InChI=1S/C9H11NO3/c1-13-6-2-3-10(5-6)7-4-8(11)9(7)12/h4,6H,2-3,5H2,1H3. The van der Waals surface area contributed by atoms with Crippen LogP contribution in [0.3, 0.4) is 0 Å². The molecule has 0 aromatic heterocycles. The van der Waals surface area contributed by atoms with Gasteiger partial charge in [0.1, 0.15) is 0 Å². The molecule has 1 aliphatic rings. The van der Waals surface area contributed by atoms with Crippen LogP contribution in [0.2, 0.25) is 0 Å². The second-order valence-corrected chi connectivity index (χ2v) is 3.32. The van der Waals surface area contributed by atoms with Gasteiger partial charge in [0.15, 0.2) is 0 Å². The third-order valence-corrected chi connectivity index (χ3v) is 2.54. The van der Waals surface area contributed by atoms with E-state index >= 15 is 0 Å². The Morgan fingerprint density at radius 3 is 2.77 bits per heavy atom. The van der Waals surface area contributed by atoms with Crippen LogP contribution in [-0.4, -0.2) is 26.3 Å². The molecular formula is C9H11NO3. The van der Waals surface area contributed by atoms with Gasteiger partial charge in [-0.1, -0.05) is 0 Å². The third-order valence-electron chi connectivity index (χ3n) is 2.54. The first kappa shape index (κ1) is 8.44. The lowest BCUT2D eigenvalue weighted by atomic mass is 10.2. The highest BCUT2D eigenvalue weighted by Crippen LogP contribution is 2.17. The minimum Gasteiger partial charge on any atom is -0.380 e. The maximum atomic E-state index is 11.0. The highest BCUT2D eigenvalue weighted by atomic mass is 16.5. The van der Waals surface area contributed by atoms with Gasteiger partial charge in [0.05, 0.1) is 11.8 Å². The van der Waals surface area contributed by atoms with Crippen LogP contribution in [0.5, 0.6) is 0 Å². The highest BCUT2D eigenvalue weighted by molar-refractivity contribution is 5.51. The predicted molar refractivity (Wildman–Crippen MR) is 49.0 cm³/mol. The summed E-state index contributed by atoms with van der Waals surface area (Å²) in [7, 11) is 1.66. The molecule has 1 aromatic rings. The highest BCUT2D eigenvalue weighted by Gasteiger charge is 2.26. The van der Waals surface area contributed by atoms with Gasteiger partial charge in [-0.3, -0.25) is 9.59 Å². The van der Waals surface area contributed by atoms with Crippen molar-refractivity contribution in [1.29, 1.82) is 0 Å². The molecule has 1 aliphatic heterocycles. The molecule has 1 fully saturated rings. The molecule has 2 rings (SSSR count). The zero-order valence-corrected chi connectivity index (χ0v) is 7.45. The fourth-order valence-electron chi connectivity index (χ4n) is 1.68. The molecule has 0 amide bonds. The van der Waals surface area contributed by atoms with Crippen LogP contribution in [0.1, 0.15) is 6.42 Å². The van der Waals surface area contributed by atoms with Gasteiger partial charge in [0.25, 0.3) is 0 Å². The van der Waals surface area contributed by atoms with Gasteiger partial charge in [-0.2, -0.15) is 0 Å². The Balaban J connectivity index is 2.10. The Bertz CT molecular complexity index is 378. The van der Waals surface area contributed by atoms with E-state index in [0.29, 0.717) is 5.69 Å². The summed E-state index contributed by atoms with van der Waals surface area (Å²) in [5, 5.41) is 0. The average molecular weight is 181 g/mol. The number of nitrogens with zero attached hydrogens (tertiary/aromatic N) is 1. The Kier molecular flexibility index (Phi) is 1.92. The summed E-state index contributed by atoms with van der Waals surface area (Å²) in [5.41, 5.74) is -0.169. The van der Waals surface area contributed by atoms with Gasteiger partial charge >= 0.3 is 0 Å². The summed E-state index contributed by atoms with van der Waals surface area (Å²) in [4.78, 5) is 23.6. The average Bonchev–Trinajstić information content (AvgIpc) is 2.61. The zero-order chi connectivity index (χ0) is 9.42. The molecule has 1 aromatic carbocycles. The van der Waals surface area contributed by atoms with E-state index in [0.717, 1.165) is 19.5 Å². The third kappa shape index (κ3) is 1.27. The van der Waals surface area contributed by atoms with E-state index in [1.54, 1.807) is 7.11 Å². The molecule has 1 saturated heterocycles. The van der Waals surface area contributed by atoms with E-state index < -0.39 is 0 Å². The van der Waals surface area contributed by atoms with Crippen molar-refractivity contribution in [2.24, 2.45) is 0 Å². The lowest BCUT2D eigenvalue weighted by Crippen LogP contribution is -2.38. The molecule has 1 unspecified atom stereocenters. The van der Waals surface area contributed by atoms with Gasteiger partial charge in [-0.15, -0.1) is 0 Å². The Morgan fingerprint density at radius 2 is 2.31 bits per heavy atom.